The molecule has 4 aromatic carbocycles. The summed E-state index contributed by atoms with van der Waals surface area (Å²) in [5, 5.41) is 0. The second-order valence-electron chi connectivity index (χ2n) is 6.71. The molecule has 0 aliphatic carbocycles. The van der Waals surface area contributed by atoms with Crippen LogP contribution in [0.1, 0.15) is 22.3 Å². The van der Waals surface area contributed by atoms with Crippen LogP contribution in [0.15, 0.2) is 119 Å². The third-order valence-corrected chi connectivity index (χ3v) is 5.60. The van der Waals surface area contributed by atoms with E-state index in [0.717, 1.165) is 12.8 Å². The molecule has 0 heterocycles. The molecular weight excluding hydrogens is 344 g/mol. The fraction of sp³-hybridized carbons (Fsp3) is 0.0769. The van der Waals surface area contributed by atoms with Gasteiger partial charge in [-0.05, 0) is 59.4 Å². The maximum atomic E-state index is 2.24. The van der Waals surface area contributed by atoms with Crippen molar-refractivity contribution in [1.82, 2.24) is 0 Å². The minimum atomic E-state index is 0.986. The highest BCUT2D eigenvalue weighted by Gasteiger charge is 2.01. The van der Waals surface area contributed by atoms with E-state index >= 15 is 0 Å². The van der Waals surface area contributed by atoms with Gasteiger partial charge in [0.05, 0.1) is 0 Å². The van der Waals surface area contributed by atoms with Crippen molar-refractivity contribution < 1.29 is 0 Å². The topological polar surface area (TPSA) is 0 Å². The van der Waals surface area contributed by atoms with Crippen molar-refractivity contribution in [2.75, 3.05) is 0 Å². The van der Waals surface area contributed by atoms with Crippen LogP contribution in [-0.4, -0.2) is 0 Å². The standard InChI is InChI=1S/C26H22S/c1-3-7-21(8-4-1)19-23-11-15-25(16-12-23)27-26-17-13-24(14-18-26)20-22-9-5-2-6-10-22/h1-18H,19-20H2. The molecule has 1 heteroatoms. The van der Waals surface area contributed by atoms with Crippen molar-refractivity contribution in [3.8, 4) is 0 Å². The number of hydrogen-bond donors (Lipinski definition) is 0. The predicted octanol–water partition coefficient (Wildman–Crippen LogP) is 7.02. The molecule has 27 heavy (non-hydrogen) atoms. The van der Waals surface area contributed by atoms with Crippen LogP contribution in [0.3, 0.4) is 0 Å². The Morgan fingerprint density at radius 2 is 0.704 bits per heavy atom. The first kappa shape index (κ1) is 17.6. The minimum Gasteiger partial charge on any atom is -0.0901 e. The van der Waals surface area contributed by atoms with E-state index in [0.29, 0.717) is 0 Å². The van der Waals surface area contributed by atoms with Crippen molar-refractivity contribution in [3.63, 3.8) is 0 Å². The van der Waals surface area contributed by atoms with Gasteiger partial charge in [-0.1, -0.05) is 96.7 Å². The Bertz CT molecular complexity index is 873. The lowest BCUT2D eigenvalue weighted by Crippen LogP contribution is -1.88. The Morgan fingerprint density at radius 3 is 1.07 bits per heavy atom. The molecule has 0 fully saturated rings. The molecule has 132 valence electrons. The monoisotopic (exact) mass is 366 g/mol. The zero-order valence-corrected chi connectivity index (χ0v) is 16.0. The largest absolute Gasteiger partial charge is 0.0901 e. The fourth-order valence-electron chi connectivity index (χ4n) is 3.15. The normalized spacial score (nSPS) is 10.7. The first-order valence-corrected chi connectivity index (χ1v) is 10.1. The quantitative estimate of drug-likeness (QED) is 0.353. The first-order valence-electron chi connectivity index (χ1n) is 9.29. The molecule has 0 spiro atoms. The highest BCUT2D eigenvalue weighted by Crippen LogP contribution is 2.28. The molecule has 0 aliphatic heterocycles. The van der Waals surface area contributed by atoms with Crippen LogP contribution in [0.4, 0.5) is 0 Å². The second kappa shape index (κ2) is 8.75. The summed E-state index contributed by atoms with van der Waals surface area (Å²) in [6, 6.07) is 39.1. The Labute approximate surface area is 165 Å². The van der Waals surface area contributed by atoms with Gasteiger partial charge in [-0.15, -0.1) is 0 Å². The molecule has 0 amide bonds. The lowest BCUT2D eigenvalue weighted by Gasteiger charge is -2.06. The second-order valence-corrected chi connectivity index (χ2v) is 7.86. The summed E-state index contributed by atoms with van der Waals surface area (Å²) in [4.78, 5) is 2.56. The third-order valence-electron chi connectivity index (χ3n) is 4.58. The van der Waals surface area contributed by atoms with Gasteiger partial charge >= 0.3 is 0 Å². The summed E-state index contributed by atoms with van der Waals surface area (Å²) in [5.74, 6) is 0. The summed E-state index contributed by atoms with van der Waals surface area (Å²) in [5.41, 5.74) is 5.41. The van der Waals surface area contributed by atoms with Gasteiger partial charge in [-0.3, -0.25) is 0 Å². The van der Waals surface area contributed by atoms with Gasteiger partial charge in [0.25, 0.3) is 0 Å². The molecule has 0 aromatic heterocycles. The molecule has 4 rings (SSSR count). The zero-order chi connectivity index (χ0) is 18.3. The first-order chi connectivity index (χ1) is 13.3. The molecular formula is C26H22S. The number of hydrogen-bond acceptors (Lipinski definition) is 1. The summed E-state index contributed by atoms with van der Waals surface area (Å²) in [6.45, 7) is 0. The van der Waals surface area contributed by atoms with E-state index in [1.54, 1.807) is 0 Å². The van der Waals surface area contributed by atoms with E-state index in [1.165, 1.54) is 32.0 Å². The predicted molar refractivity (Wildman–Crippen MR) is 116 cm³/mol. The summed E-state index contributed by atoms with van der Waals surface area (Å²) >= 11 is 1.82. The van der Waals surface area contributed by atoms with Gasteiger partial charge in [0, 0.05) is 9.79 Å². The molecule has 0 aliphatic rings. The minimum absolute atomic E-state index is 0.986. The van der Waals surface area contributed by atoms with Crippen molar-refractivity contribution in [2.45, 2.75) is 22.6 Å². The summed E-state index contributed by atoms with van der Waals surface area (Å²) < 4.78 is 0. The van der Waals surface area contributed by atoms with Crippen molar-refractivity contribution in [2.24, 2.45) is 0 Å². The van der Waals surface area contributed by atoms with Crippen LogP contribution < -0.4 is 0 Å². The van der Waals surface area contributed by atoms with Crippen LogP contribution in [0.25, 0.3) is 0 Å². The van der Waals surface area contributed by atoms with Gasteiger partial charge in [-0.25, -0.2) is 0 Å². The van der Waals surface area contributed by atoms with Gasteiger partial charge in [0.15, 0.2) is 0 Å². The molecule has 0 nitrogen and oxygen atoms in total. The van der Waals surface area contributed by atoms with Crippen molar-refractivity contribution >= 4 is 11.8 Å². The van der Waals surface area contributed by atoms with Gasteiger partial charge in [0.2, 0.25) is 0 Å². The van der Waals surface area contributed by atoms with Crippen LogP contribution in [0, 0.1) is 0 Å². The molecule has 0 unspecified atom stereocenters. The SMILES string of the molecule is c1ccc(Cc2ccc(Sc3ccc(Cc4ccccc4)cc3)cc2)cc1. The smallest absolute Gasteiger partial charge is 0.0122 e. The summed E-state index contributed by atoms with van der Waals surface area (Å²) in [6.07, 6.45) is 1.97. The van der Waals surface area contributed by atoms with E-state index in [1.807, 2.05) is 11.8 Å². The maximum Gasteiger partial charge on any atom is 0.0122 e. The van der Waals surface area contributed by atoms with E-state index in [9.17, 15) is 0 Å². The highest BCUT2D eigenvalue weighted by molar-refractivity contribution is 7.99. The molecule has 4 aromatic rings. The average molecular weight is 367 g/mol. The Balaban J connectivity index is 1.37. The van der Waals surface area contributed by atoms with Gasteiger partial charge in [-0.2, -0.15) is 0 Å². The Morgan fingerprint density at radius 1 is 0.370 bits per heavy atom. The van der Waals surface area contributed by atoms with Crippen molar-refractivity contribution in [3.05, 3.63) is 131 Å². The van der Waals surface area contributed by atoms with Gasteiger partial charge in [0.1, 0.15) is 0 Å². The summed E-state index contributed by atoms with van der Waals surface area (Å²) in [7, 11) is 0. The molecule has 0 saturated carbocycles. The third kappa shape index (κ3) is 5.12. The molecule has 0 radical (unpaired) electrons. The van der Waals surface area contributed by atoms with Crippen LogP contribution in [0.5, 0.6) is 0 Å². The van der Waals surface area contributed by atoms with E-state index in [4.69, 9.17) is 0 Å². The van der Waals surface area contributed by atoms with E-state index in [2.05, 4.69) is 109 Å². The number of benzene rings is 4. The Hall–Kier alpha value is -2.77. The lowest BCUT2D eigenvalue weighted by atomic mass is 10.1. The lowest BCUT2D eigenvalue weighted by molar-refractivity contribution is 1.17. The molecule has 0 atom stereocenters. The molecule has 0 bridgehead atoms. The van der Waals surface area contributed by atoms with Crippen LogP contribution >= 0.6 is 11.8 Å². The fourth-order valence-corrected chi connectivity index (χ4v) is 3.97. The van der Waals surface area contributed by atoms with Crippen molar-refractivity contribution in [1.29, 1.82) is 0 Å². The highest BCUT2D eigenvalue weighted by atomic mass is 32.2. The van der Waals surface area contributed by atoms with Crippen LogP contribution in [0.2, 0.25) is 0 Å². The number of rotatable bonds is 6. The van der Waals surface area contributed by atoms with E-state index in [-0.39, 0.29) is 0 Å². The van der Waals surface area contributed by atoms with E-state index < -0.39 is 0 Å². The van der Waals surface area contributed by atoms with Crippen LogP contribution in [-0.2, 0) is 12.8 Å². The zero-order valence-electron chi connectivity index (χ0n) is 15.2. The Kier molecular flexibility index (Phi) is 5.71. The van der Waals surface area contributed by atoms with Gasteiger partial charge < -0.3 is 0 Å². The molecule has 0 saturated heterocycles. The average Bonchev–Trinajstić information content (AvgIpc) is 2.73. The molecule has 0 N–H and O–H groups in total. The maximum absolute atomic E-state index is 2.24.